The molecule has 0 aliphatic heterocycles. The Labute approximate surface area is 78.4 Å². The first-order valence-electron chi connectivity index (χ1n) is 4.35. The normalized spacial score (nSPS) is 10.2. The van der Waals surface area contributed by atoms with Crippen molar-refractivity contribution in [3.8, 4) is 5.88 Å². The number of nitrogens with zero attached hydrogens (tertiary/aromatic N) is 2. The van der Waals surface area contributed by atoms with Crippen LogP contribution < -0.4 is 10.1 Å². The van der Waals surface area contributed by atoms with Gasteiger partial charge in [0.15, 0.2) is 0 Å². The zero-order chi connectivity index (χ0) is 9.68. The van der Waals surface area contributed by atoms with Crippen LogP contribution in [0.25, 0.3) is 0 Å². The third kappa shape index (κ3) is 3.27. The summed E-state index contributed by atoms with van der Waals surface area (Å²) >= 11 is 0. The monoisotopic (exact) mass is 181 g/mol. The Morgan fingerprint density at radius 1 is 1.46 bits per heavy atom. The number of hydrogen-bond donors (Lipinski definition) is 1. The maximum atomic E-state index is 5.42. The van der Waals surface area contributed by atoms with Crippen molar-refractivity contribution in [2.45, 2.75) is 13.8 Å². The number of hydrogen-bond acceptors (Lipinski definition) is 4. The topological polar surface area (TPSA) is 47.0 Å². The molecular weight excluding hydrogens is 166 g/mol. The molecule has 0 fully saturated rings. The lowest BCUT2D eigenvalue weighted by molar-refractivity contribution is 0.261. The van der Waals surface area contributed by atoms with E-state index in [0.717, 1.165) is 5.82 Å². The van der Waals surface area contributed by atoms with Gasteiger partial charge in [-0.05, 0) is 5.92 Å². The van der Waals surface area contributed by atoms with Crippen molar-refractivity contribution in [3.05, 3.63) is 12.4 Å². The Morgan fingerprint density at radius 2 is 2.23 bits per heavy atom. The lowest BCUT2D eigenvalue weighted by atomic mass is 10.2. The largest absolute Gasteiger partial charge is 0.477 e. The molecule has 0 spiro atoms. The first-order chi connectivity index (χ1) is 6.22. The molecule has 13 heavy (non-hydrogen) atoms. The van der Waals surface area contributed by atoms with Gasteiger partial charge >= 0.3 is 0 Å². The zero-order valence-electron chi connectivity index (χ0n) is 8.24. The van der Waals surface area contributed by atoms with Gasteiger partial charge < -0.3 is 10.1 Å². The lowest BCUT2D eigenvalue weighted by Gasteiger charge is -2.07. The summed E-state index contributed by atoms with van der Waals surface area (Å²) < 4.78 is 5.42. The van der Waals surface area contributed by atoms with Crippen molar-refractivity contribution in [1.29, 1.82) is 0 Å². The van der Waals surface area contributed by atoms with E-state index in [1.807, 2.05) is 7.05 Å². The average molecular weight is 181 g/mol. The van der Waals surface area contributed by atoms with Crippen molar-refractivity contribution in [1.82, 2.24) is 9.97 Å². The van der Waals surface area contributed by atoms with Gasteiger partial charge in [-0.3, -0.25) is 0 Å². The molecule has 0 saturated carbocycles. The van der Waals surface area contributed by atoms with Crippen LogP contribution in [0.15, 0.2) is 12.4 Å². The Hall–Kier alpha value is -1.32. The van der Waals surface area contributed by atoms with Crippen LogP contribution >= 0.6 is 0 Å². The average Bonchev–Trinajstić information content (AvgIpc) is 2.15. The Kier molecular flexibility index (Phi) is 3.49. The van der Waals surface area contributed by atoms with Gasteiger partial charge in [-0.1, -0.05) is 13.8 Å². The Morgan fingerprint density at radius 3 is 2.85 bits per heavy atom. The predicted octanol–water partition coefficient (Wildman–Crippen LogP) is 1.55. The molecule has 0 atom stereocenters. The first kappa shape index (κ1) is 9.77. The molecule has 1 aromatic heterocycles. The van der Waals surface area contributed by atoms with Crippen LogP contribution in [-0.2, 0) is 0 Å². The standard InChI is InChI=1S/C9H15N3O/c1-7(2)5-13-9-4-8(10-3)11-6-12-9/h4,6-7H,5H2,1-3H3,(H,10,11,12). The summed E-state index contributed by atoms with van der Waals surface area (Å²) in [5.41, 5.74) is 0. The molecule has 0 saturated heterocycles. The van der Waals surface area contributed by atoms with E-state index in [0.29, 0.717) is 18.4 Å². The predicted molar refractivity (Wildman–Crippen MR) is 51.9 cm³/mol. The quantitative estimate of drug-likeness (QED) is 0.765. The maximum absolute atomic E-state index is 5.42. The van der Waals surface area contributed by atoms with Crippen LogP contribution in [0.1, 0.15) is 13.8 Å². The molecule has 0 unspecified atom stereocenters. The Balaban J connectivity index is 2.56. The molecule has 0 aliphatic carbocycles. The van der Waals surface area contributed by atoms with E-state index in [4.69, 9.17) is 4.74 Å². The summed E-state index contributed by atoms with van der Waals surface area (Å²) in [5.74, 6) is 1.90. The fourth-order valence-electron chi connectivity index (χ4n) is 0.807. The van der Waals surface area contributed by atoms with Gasteiger partial charge in [0.25, 0.3) is 0 Å². The van der Waals surface area contributed by atoms with E-state index in [-0.39, 0.29) is 0 Å². The second kappa shape index (κ2) is 4.64. The van der Waals surface area contributed by atoms with Crippen molar-refractivity contribution in [3.63, 3.8) is 0 Å². The maximum Gasteiger partial charge on any atom is 0.218 e. The second-order valence-corrected chi connectivity index (χ2v) is 3.20. The molecule has 1 N–H and O–H groups in total. The van der Waals surface area contributed by atoms with Crippen LogP contribution in [0.2, 0.25) is 0 Å². The van der Waals surface area contributed by atoms with Gasteiger partial charge in [0.2, 0.25) is 5.88 Å². The number of ether oxygens (including phenoxy) is 1. The lowest BCUT2D eigenvalue weighted by Crippen LogP contribution is -2.06. The van der Waals surface area contributed by atoms with Gasteiger partial charge in [0, 0.05) is 13.1 Å². The Bertz CT molecular complexity index is 263. The van der Waals surface area contributed by atoms with Crippen molar-refractivity contribution in [2.24, 2.45) is 5.92 Å². The third-order valence-electron chi connectivity index (χ3n) is 1.46. The van der Waals surface area contributed by atoms with E-state index in [2.05, 4.69) is 29.1 Å². The molecule has 1 aromatic rings. The SMILES string of the molecule is CNc1cc(OCC(C)C)ncn1. The molecule has 0 amide bonds. The smallest absolute Gasteiger partial charge is 0.218 e. The van der Waals surface area contributed by atoms with Gasteiger partial charge in [-0.2, -0.15) is 0 Å². The summed E-state index contributed by atoms with van der Waals surface area (Å²) in [6.45, 7) is 4.88. The van der Waals surface area contributed by atoms with Crippen molar-refractivity contribution >= 4 is 5.82 Å². The van der Waals surface area contributed by atoms with Gasteiger partial charge in [-0.15, -0.1) is 0 Å². The molecule has 72 valence electrons. The number of anilines is 1. The van der Waals surface area contributed by atoms with Crippen LogP contribution in [0, 0.1) is 5.92 Å². The summed E-state index contributed by atoms with van der Waals surface area (Å²) in [6.07, 6.45) is 1.49. The molecule has 1 rings (SSSR count). The fraction of sp³-hybridized carbons (Fsp3) is 0.556. The van der Waals surface area contributed by atoms with E-state index in [1.54, 1.807) is 6.07 Å². The fourth-order valence-corrected chi connectivity index (χ4v) is 0.807. The number of aromatic nitrogens is 2. The minimum absolute atomic E-state index is 0.507. The molecule has 0 aliphatic rings. The summed E-state index contributed by atoms with van der Waals surface area (Å²) in [6, 6.07) is 1.78. The summed E-state index contributed by atoms with van der Waals surface area (Å²) in [4.78, 5) is 7.97. The molecular formula is C9H15N3O. The molecule has 0 bridgehead atoms. The van der Waals surface area contributed by atoms with Crippen molar-refractivity contribution < 1.29 is 4.74 Å². The van der Waals surface area contributed by atoms with E-state index >= 15 is 0 Å². The highest BCUT2D eigenvalue weighted by Gasteiger charge is 1.99. The highest BCUT2D eigenvalue weighted by Crippen LogP contribution is 2.10. The molecule has 4 heteroatoms. The highest BCUT2D eigenvalue weighted by atomic mass is 16.5. The molecule has 0 radical (unpaired) electrons. The summed E-state index contributed by atoms with van der Waals surface area (Å²) in [7, 11) is 1.81. The van der Waals surface area contributed by atoms with Crippen LogP contribution in [0.5, 0.6) is 5.88 Å². The number of rotatable bonds is 4. The van der Waals surface area contributed by atoms with Crippen molar-refractivity contribution in [2.75, 3.05) is 19.0 Å². The zero-order valence-corrected chi connectivity index (χ0v) is 8.24. The first-order valence-corrected chi connectivity index (χ1v) is 4.35. The van der Waals surface area contributed by atoms with Crippen LogP contribution in [-0.4, -0.2) is 23.6 Å². The molecule has 1 heterocycles. The minimum atomic E-state index is 0.507. The minimum Gasteiger partial charge on any atom is -0.477 e. The van der Waals surface area contributed by atoms with E-state index in [1.165, 1.54) is 6.33 Å². The van der Waals surface area contributed by atoms with E-state index in [9.17, 15) is 0 Å². The van der Waals surface area contributed by atoms with E-state index < -0.39 is 0 Å². The molecule has 0 aromatic carbocycles. The van der Waals surface area contributed by atoms with Gasteiger partial charge in [-0.25, -0.2) is 9.97 Å². The third-order valence-corrected chi connectivity index (χ3v) is 1.46. The van der Waals surface area contributed by atoms with Crippen LogP contribution in [0.3, 0.4) is 0 Å². The number of nitrogens with one attached hydrogen (secondary N) is 1. The second-order valence-electron chi connectivity index (χ2n) is 3.20. The van der Waals surface area contributed by atoms with Gasteiger partial charge in [0.1, 0.15) is 12.1 Å². The van der Waals surface area contributed by atoms with Gasteiger partial charge in [0.05, 0.1) is 6.61 Å². The molecule has 4 nitrogen and oxygen atoms in total. The summed E-state index contributed by atoms with van der Waals surface area (Å²) in [5, 5.41) is 2.92. The van der Waals surface area contributed by atoms with Crippen LogP contribution in [0.4, 0.5) is 5.82 Å². The highest BCUT2D eigenvalue weighted by molar-refractivity contribution is 5.35.